The van der Waals surface area contributed by atoms with Gasteiger partial charge in [-0.2, -0.15) is 0 Å². The normalized spacial score (nSPS) is 24.2. The highest BCUT2D eigenvalue weighted by Gasteiger charge is 2.31. The number of hydrogen-bond acceptors (Lipinski definition) is 2. The van der Waals surface area contributed by atoms with Gasteiger partial charge in [0.15, 0.2) is 0 Å². The zero-order valence-corrected chi connectivity index (χ0v) is 12.4. The van der Waals surface area contributed by atoms with E-state index in [1.807, 2.05) is 0 Å². The molecule has 17 heavy (non-hydrogen) atoms. The molecular weight excluding hydrogens is 208 g/mol. The molecule has 0 aromatic carbocycles. The number of nitrogens with zero attached hydrogens (tertiary/aromatic N) is 1. The van der Waals surface area contributed by atoms with Crippen molar-refractivity contribution in [2.45, 2.75) is 65.8 Å². The molecule has 0 aromatic heterocycles. The molecule has 0 aliphatic heterocycles. The highest BCUT2D eigenvalue weighted by atomic mass is 15.1. The van der Waals surface area contributed by atoms with Gasteiger partial charge in [0.05, 0.1) is 0 Å². The van der Waals surface area contributed by atoms with Crippen LogP contribution >= 0.6 is 0 Å². The first-order valence-electron chi connectivity index (χ1n) is 7.56. The van der Waals surface area contributed by atoms with Crippen molar-refractivity contribution in [1.29, 1.82) is 0 Å². The van der Waals surface area contributed by atoms with Gasteiger partial charge >= 0.3 is 0 Å². The lowest BCUT2D eigenvalue weighted by Gasteiger charge is -2.39. The van der Waals surface area contributed by atoms with Gasteiger partial charge in [-0.15, -0.1) is 0 Å². The minimum Gasteiger partial charge on any atom is -0.313 e. The summed E-state index contributed by atoms with van der Waals surface area (Å²) in [5.74, 6) is 0. The molecule has 1 unspecified atom stereocenters. The van der Waals surface area contributed by atoms with Crippen molar-refractivity contribution in [3.8, 4) is 0 Å². The summed E-state index contributed by atoms with van der Waals surface area (Å²) in [5, 5.41) is 3.79. The monoisotopic (exact) mass is 240 g/mol. The Morgan fingerprint density at radius 2 is 1.88 bits per heavy atom. The first-order valence-corrected chi connectivity index (χ1v) is 7.56. The summed E-state index contributed by atoms with van der Waals surface area (Å²) in [6.07, 6.45) is 6.88. The third-order valence-corrected chi connectivity index (χ3v) is 4.44. The molecular formula is C15H32N2. The quantitative estimate of drug-likeness (QED) is 0.687. The number of rotatable bonds is 7. The van der Waals surface area contributed by atoms with E-state index < -0.39 is 0 Å². The second-order valence-corrected chi connectivity index (χ2v) is 6.12. The third kappa shape index (κ3) is 4.97. The Labute approximate surface area is 108 Å². The van der Waals surface area contributed by atoms with E-state index in [1.165, 1.54) is 58.3 Å². The molecule has 2 nitrogen and oxygen atoms in total. The van der Waals surface area contributed by atoms with Crippen molar-refractivity contribution in [2.75, 3.05) is 26.2 Å². The van der Waals surface area contributed by atoms with E-state index in [1.54, 1.807) is 0 Å². The molecule has 0 radical (unpaired) electrons. The summed E-state index contributed by atoms with van der Waals surface area (Å²) in [5.41, 5.74) is 0.507. The van der Waals surface area contributed by atoms with Gasteiger partial charge in [0, 0.05) is 6.04 Å². The van der Waals surface area contributed by atoms with Crippen molar-refractivity contribution in [1.82, 2.24) is 10.2 Å². The molecule has 1 fully saturated rings. The Hall–Kier alpha value is -0.0800. The molecule has 0 aromatic rings. The Morgan fingerprint density at radius 1 is 1.18 bits per heavy atom. The predicted octanol–water partition coefficient (Wildman–Crippen LogP) is 3.28. The van der Waals surface area contributed by atoms with Crippen LogP contribution in [0.15, 0.2) is 0 Å². The predicted molar refractivity (Wildman–Crippen MR) is 76.4 cm³/mol. The topological polar surface area (TPSA) is 15.3 Å². The molecule has 1 rings (SSSR count). The number of hydrogen-bond donors (Lipinski definition) is 1. The molecule has 0 bridgehead atoms. The highest BCUT2D eigenvalue weighted by Crippen LogP contribution is 2.35. The van der Waals surface area contributed by atoms with E-state index in [0.29, 0.717) is 5.41 Å². The zero-order chi connectivity index (χ0) is 12.7. The molecule has 0 saturated heterocycles. The van der Waals surface area contributed by atoms with Crippen LogP contribution in [0.5, 0.6) is 0 Å². The van der Waals surface area contributed by atoms with Crippen molar-refractivity contribution in [3.63, 3.8) is 0 Å². The molecule has 1 atom stereocenters. The Kier molecular flexibility index (Phi) is 6.50. The lowest BCUT2D eigenvalue weighted by atomic mass is 9.73. The van der Waals surface area contributed by atoms with Gasteiger partial charge in [-0.3, -0.25) is 0 Å². The van der Waals surface area contributed by atoms with Crippen LogP contribution in [0.1, 0.15) is 59.8 Å². The van der Waals surface area contributed by atoms with Crippen molar-refractivity contribution in [2.24, 2.45) is 5.41 Å². The first kappa shape index (κ1) is 15.0. The Morgan fingerprint density at radius 3 is 2.47 bits per heavy atom. The van der Waals surface area contributed by atoms with Gasteiger partial charge in [0.25, 0.3) is 0 Å². The summed E-state index contributed by atoms with van der Waals surface area (Å²) in [6, 6.07) is 0.743. The van der Waals surface area contributed by atoms with Gasteiger partial charge in [0.1, 0.15) is 0 Å². The van der Waals surface area contributed by atoms with Crippen LogP contribution < -0.4 is 5.32 Å². The minimum absolute atomic E-state index is 0.507. The maximum atomic E-state index is 3.79. The second-order valence-electron chi connectivity index (χ2n) is 6.12. The van der Waals surface area contributed by atoms with E-state index in [0.717, 1.165) is 6.04 Å². The summed E-state index contributed by atoms with van der Waals surface area (Å²) in [4.78, 5) is 2.51. The standard InChI is InChI=1S/C15H32N2/c1-5-17(6-2)13-9-12-16-14-10-7-8-11-15(14,3)4/h14,16H,5-13H2,1-4H3. The second kappa shape index (κ2) is 7.38. The maximum absolute atomic E-state index is 3.79. The minimum atomic E-state index is 0.507. The summed E-state index contributed by atoms with van der Waals surface area (Å²) in [7, 11) is 0. The van der Waals surface area contributed by atoms with E-state index in [9.17, 15) is 0 Å². The Balaban J connectivity index is 2.17. The molecule has 1 aliphatic carbocycles. The van der Waals surface area contributed by atoms with Gasteiger partial charge in [-0.1, -0.05) is 40.5 Å². The van der Waals surface area contributed by atoms with Crippen LogP contribution in [0.4, 0.5) is 0 Å². The lowest BCUT2D eigenvalue weighted by Crippen LogP contribution is -2.44. The molecule has 1 N–H and O–H groups in total. The van der Waals surface area contributed by atoms with Crippen molar-refractivity contribution in [3.05, 3.63) is 0 Å². The van der Waals surface area contributed by atoms with Gasteiger partial charge in [-0.05, 0) is 50.9 Å². The van der Waals surface area contributed by atoms with E-state index >= 15 is 0 Å². The SMILES string of the molecule is CCN(CC)CCCNC1CCCCC1(C)C. The van der Waals surface area contributed by atoms with Crippen LogP contribution in [-0.2, 0) is 0 Å². The first-order chi connectivity index (χ1) is 8.10. The van der Waals surface area contributed by atoms with Crippen LogP contribution in [0.3, 0.4) is 0 Å². The summed E-state index contributed by atoms with van der Waals surface area (Å²) >= 11 is 0. The fourth-order valence-electron chi connectivity index (χ4n) is 2.99. The third-order valence-electron chi connectivity index (χ3n) is 4.44. The molecule has 0 heterocycles. The average molecular weight is 240 g/mol. The van der Waals surface area contributed by atoms with Crippen LogP contribution in [0.2, 0.25) is 0 Å². The molecule has 2 heteroatoms. The zero-order valence-electron chi connectivity index (χ0n) is 12.4. The van der Waals surface area contributed by atoms with Crippen LogP contribution in [0, 0.1) is 5.41 Å². The molecule has 0 spiro atoms. The largest absolute Gasteiger partial charge is 0.313 e. The van der Waals surface area contributed by atoms with Crippen molar-refractivity contribution < 1.29 is 0 Å². The molecule has 1 saturated carbocycles. The highest BCUT2D eigenvalue weighted by molar-refractivity contribution is 4.87. The number of nitrogens with one attached hydrogen (secondary N) is 1. The molecule has 1 aliphatic rings. The Bertz CT molecular complexity index is 197. The lowest BCUT2D eigenvalue weighted by molar-refractivity contribution is 0.166. The van der Waals surface area contributed by atoms with E-state index in [4.69, 9.17) is 0 Å². The maximum Gasteiger partial charge on any atom is 0.0118 e. The van der Waals surface area contributed by atoms with Crippen LogP contribution in [0.25, 0.3) is 0 Å². The van der Waals surface area contributed by atoms with Gasteiger partial charge in [0.2, 0.25) is 0 Å². The van der Waals surface area contributed by atoms with Crippen molar-refractivity contribution >= 4 is 0 Å². The summed E-state index contributed by atoms with van der Waals surface area (Å²) in [6.45, 7) is 14.2. The molecule has 102 valence electrons. The van der Waals surface area contributed by atoms with Crippen LogP contribution in [-0.4, -0.2) is 37.1 Å². The fraction of sp³-hybridized carbons (Fsp3) is 1.00. The summed E-state index contributed by atoms with van der Waals surface area (Å²) < 4.78 is 0. The average Bonchev–Trinajstić information content (AvgIpc) is 2.31. The van der Waals surface area contributed by atoms with E-state index in [2.05, 4.69) is 37.9 Å². The molecule has 0 amide bonds. The fourth-order valence-corrected chi connectivity index (χ4v) is 2.99. The van der Waals surface area contributed by atoms with Gasteiger partial charge < -0.3 is 10.2 Å². The smallest absolute Gasteiger partial charge is 0.0118 e. The van der Waals surface area contributed by atoms with E-state index in [-0.39, 0.29) is 0 Å². The van der Waals surface area contributed by atoms with Gasteiger partial charge in [-0.25, -0.2) is 0 Å².